The van der Waals surface area contributed by atoms with Gasteiger partial charge >= 0.3 is 0 Å². The number of amides is 1. The van der Waals surface area contributed by atoms with Crippen molar-refractivity contribution in [2.24, 2.45) is 5.73 Å². The molecule has 0 spiro atoms. The number of nitrogens with zero attached hydrogens (tertiary/aromatic N) is 4. The number of fused-ring (bicyclic) bond motifs is 1. The largest absolute Gasteiger partial charge is 0.494 e. The maximum Gasteiger partial charge on any atom is 0.251 e. The van der Waals surface area contributed by atoms with Crippen LogP contribution in [0, 0.1) is 0 Å². The van der Waals surface area contributed by atoms with Crippen LogP contribution in [0.2, 0.25) is 0 Å². The Labute approximate surface area is 184 Å². The number of imidazole rings is 1. The lowest BCUT2D eigenvalue weighted by molar-refractivity contribution is 0.0143. The maximum absolute atomic E-state index is 12.8. The van der Waals surface area contributed by atoms with E-state index in [0.717, 1.165) is 0 Å². The van der Waals surface area contributed by atoms with Gasteiger partial charge in [-0.05, 0) is 37.6 Å². The molecule has 4 rings (SSSR count). The summed E-state index contributed by atoms with van der Waals surface area (Å²) in [6.45, 7) is 0.992. The Balaban J connectivity index is 1.48. The average molecular weight is 441 g/mol. The van der Waals surface area contributed by atoms with Crippen molar-refractivity contribution in [1.82, 2.24) is 24.8 Å². The fourth-order valence-corrected chi connectivity index (χ4v) is 3.96. The van der Waals surface area contributed by atoms with Crippen LogP contribution >= 0.6 is 0 Å². The zero-order valence-electron chi connectivity index (χ0n) is 17.7. The van der Waals surface area contributed by atoms with E-state index in [1.807, 2.05) is 0 Å². The topological polar surface area (TPSA) is 160 Å². The van der Waals surface area contributed by atoms with Crippen LogP contribution in [0.4, 0.5) is 5.82 Å². The Hall–Kier alpha value is -3.28. The number of hydrogen-bond acceptors (Lipinski definition) is 9. The van der Waals surface area contributed by atoms with E-state index < -0.39 is 24.3 Å². The van der Waals surface area contributed by atoms with Gasteiger partial charge in [-0.15, -0.1) is 0 Å². The van der Waals surface area contributed by atoms with Gasteiger partial charge in [0.25, 0.3) is 5.91 Å². The number of aliphatic hydroxyl groups is 2. The van der Waals surface area contributed by atoms with Gasteiger partial charge in [0.05, 0.1) is 25.0 Å². The van der Waals surface area contributed by atoms with Crippen molar-refractivity contribution in [2.45, 2.75) is 37.1 Å². The fourth-order valence-electron chi connectivity index (χ4n) is 3.96. The molecule has 170 valence electrons. The van der Waals surface area contributed by atoms with Gasteiger partial charge in [-0.25, -0.2) is 15.0 Å². The van der Waals surface area contributed by atoms with Crippen molar-refractivity contribution in [3.63, 3.8) is 0 Å². The first kappa shape index (κ1) is 21.9. The Morgan fingerprint density at radius 3 is 2.91 bits per heavy atom. The molecule has 0 radical (unpaired) electrons. The zero-order valence-corrected chi connectivity index (χ0v) is 17.7. The molecule has 1 amide bonds. The number of nitrogens with two attached hydrogens (primary N) is 1. The number of anilines is 1. The van der Waals surface area contributed by atoms with Crippen molar-refractivity contribution in [3.05, 3.63) is 42.5 Å². The highest BCUT2D eigenvalue weighted by atomic mass is 16.5. The zero-order chi connectivity index (χ0) is 22.7. The van der Waals surface area contributed by atoms with Crippen molar-refractivity contribution < 1.29 is 19.7 Å². The summed E-state index contributed by atoms with van der Waals surface area (Å²) in [7, 11) is 1.73. The van der Waals surface area contributed by atoms with E-state index in [2.05, 4.69) is 25.6 Å². The summed E-state index contributed by atoms with van der Waals surface area (Å²) in [4.78, 5) is 25.5. The number of hydrogen-bond donors (Lipinski definition) is 5. The number of aromatic nitrogens is 4. The standard InChI is InChI=1S/C21H27N7O4/c1-23-19-16-20(25-10-24-19)28(11-26-16)15-9-14(17(29)18(15)30)27-21(31)12-4-2-5-13(8-12)32-7-3-6-22/h2,4-5,8,10-11,14-15,17-18,29-30H,3,6-7,9,22H2,1H3,(H,27,31)(H,23,24,25)/t14-,15+,17-,18+/m1/s1. The number of carbonyl (C=O) groups is 1. The minimum Gasteiger partial charge on any atom is -0.494 e. The molecule has 2 aromatic heterocycles. The Bertz CT molecular complexity index is 1090. The lowest BCUT2D eigenvalue weighted by Crippen LogP contribution is -2.43. The normalized spacial score (nSPS) is 22.8. The SMILES string of the molecule is CNc1ncnc2c1ncn2[C@H]1C[C@@H](NC(=O)c2cccc(OCCCN)c2)[C@@H](O)[C@H]1O. The second-order valence-corrected chi connectivity index (χ2v) is 7.68. The Kier molecular flexibility index (Phi) is 6.49. The molecule has 0 unspecified atom stereocenters. The molecule has 11 heteroatoms. The summed E-state index contributed by atoms with van der Waals surface area (Å²) >= 11 is 0. The highest BCUT2D eigenvalue weighted by Crippen LogP contribution is 2.34. The molecule has 1 fully saturated rings. The monoisotopic (exact) mass is 441 g/mol. The fraction of sp³-hybridized carbons (Fsp3) is 0.429. The molecule has 3 aromatic rings. The van der Waals surface area contributed by atoms with Gasteiger partial charge in [0.15, 0.2) is 11.5 Å². The van der Waals surface area contributed by atoms with E-state index in [9.17, 15) is 15.0 Å². The molecule has 0 aliphatic heterocycles. The highest BCUT2D eigenvalue weighted by molar-refractivity contribution is 5.94. The summed E-state index contributed by atoms with van der Waals surface area (Å²) in [5.41, 5.74) is 6.98. The summed E-state index contributed by atoms with van der Waals surface area (Å²) in [6, 6.07) is 5.65. The summed E-state index contributed by atoms with van der Waals surface area (Å²) in [5.74, 6) is 0.780. The minimum absolute atomic E-state index is 0.311. The van der Waals surface area contributed by atoms with Crippen LogP contribution in [0.25, 0.3) is 11.2 Å². The van der Waals surface area contributed by atoms with E-state index in [4.69, 9.17) is 10.5 Å². The van der Waals surface area contributed by atoms with Crippen LogP contribution in [0.1, 0.15) is 29.2 Å². The Morgan fingerprint density at radius 2 is 2.12 bits per heavy atom. The third-order valence-electron chi connectivity index (χ3n) is 5.63. The van der Waals surface area contributed by atoms with E-state index >= 15 is 0 Å². The maximum atomic E-state index is 12.8. The molecular formula is C21H27N7O4. The van der Waals surface area contributed by atoms with Gasteiger partial charge in [-0.3, -0.25) is 4.79 Å². The number of carbonyl (C=O) groups excluding carboxylic acids is 1. The number of aliphatic hydroxyl groups excluding tert-OH is 2. The van der Waals surface area contributed by atoms with Crippen molar-refractivity contribution in [2.75, 3.05) is 25.5 Å². The van der Waals surface area contributed by atoms with E-state index in [-0.39, 0.29) is 5.91 Å². The number of ether oxygens (including phenoxy) is 1. The van der Waals surface area contributed by atoms with Crippen molar-refractivity contribution in [3.8, 4) is 5.75 Å². The molecule has 1 saturated carbocycles. The van der Waals surface area contributed by atoms with Gasteiger partial charge in [-0.1, -0.05) is 6.07 Å². The number of nitrogens with one attached hydrogen (secondary N) is 2. The molecule has 0 saturated heterocycles. The molecule has 6 N–H and O–H groups in total. The van der Waals surface area contributed by atoms with Gasteiger partial charge in [-0.2, -0.15) is 0 Å². The van der Waals surface area contributed by atoms with Gasteiger partial charge < -0.3 is 35.9 Å². The third kappa shape index (κ3) is 4.22. The van der Waals surface area contributed by atoms with Crippen LogP contribution in [0.5, 0.6) is 5.75 Å². The van der Waals surface area contributed by atoms with E-state index in [1.165, 1.54) is 6.33 Å². The van der Waals surface area contributed by atoms with E-state index in [0.29, 0.717) is 54.3 Å². The second kappa shape index (κ2) is 9.47. The predicted molar refractivity (Wildman–Crippen MR) is 117 cm³/mol. The van der Waals surface area contributed by atoms with Gasteiger partial charge in [0.1, 0.15) is 29.8 Å². The quantitative estimate of drug-likeness (QED) is 0.304. The first-order chi connectivity index (χ1) is 15.5. The van der Waals surface area contributed by atoms with Crippen molar-refractivity contribution >= 4 is 22.9 Å². The molecule has 2 heterocycles. The van der Waals surface area contributed by atoms with Crippen molar-refractivity contribution in [1.29, 1.82) is 0 Å². The lowest BCUT2D eigenvalue weighted by atomic mass is 10.1. The molecule has 32 heavy (non-hydrogen) atoms. The molecular weight excluding hydrogens is 414 g/mol. The smallest absolute Gasteiger partial charge is 0.251 e. The summed E-state index contributed by atoms with van der Waals surface area (Å²) in [6.07, 6.45) is 1.75. The van der Waals surface area contributed by atoms with Crippen LogP contribution in [-0.2, 0) is 0 Å². The molecule has 4 atom stereocenters. The van der Waals surface area contributed by atoms with Crippen LogP contribution in [0.3, 0.4) is 0 Å². The first-order valence-corrected chi connectivity index (χ1v) is 10.5. The van der Waals surface area contributed by atoms with E-state index in [1.54, 1.807) is 42.2 Å². The average Bonchev–Trinajstić information content (AvgIpc) is 3.36. The van der Waals surface area contributed by atoms with Gasteiger partial charge in [0, 0.05) is 12.6 Å². The number of benzene rings is 1. The molecule has 1 aliphatic rings. The van der Waals surface area contributed by atoms with Crippen LogP contribution in [0.15, 0.2) is 36.9 Å². The first-order valence-electron chi connectivity index (χ1n) is 10.5. The molecule has 11 nitrogen and oxygen atoms in total. The molecule has 1 aliphatic carbocycles. The second-order valence-electron chi connectivity index (χ2n) is 7.68. The number of rotatable bonds is 8. The minimum atomic E-state index is -1.14. The van der Waals surface area contributed by atoms with Crippen LogP contribution < -0.4 is 21.1 Å². The molecule has 0 bridgehead atoms. The third-order valence-corrected chi connectivity index (χ3v) is 5.63. The molecule has 1 aromatic carbocycles. The summed E-state index contributed by atoms with van der Waals surface area (Å²) < 4.78 is 7.31. The predicted octanol–water partition coefficient (Wildman–Crippen LogP) is 0.0608. The Morgan fingerprint density at radius 1 is 1.28 bits per heavy atom. The van der Waals surface area contributed by atoms with Crippen LogP contribution in [-0.4, -0.2) is 74.1 Å². The lowest BCUT2D eigenvalue weighted by Gasteiger charge is -2.18. The highest BCUT2D eigenvalue weighted by Gasteiger charge is 2.43. The van der Waals surface area contributed by atoms with Gasteiger partial charge in [0.2, 0.25) is 0 Å². The summed E-state index contributed by atoms with van der Waals surface area (Å²) in [5, 5.41) is 27.1.